The van der Waals surface area contributed by atoms with E-state index in [2.05, 4.69) is 17.9 Å². The van der Waals surface area contributed by atoms with Crippen LogP contribution in [0.15, 0.2) is 10.3 Å². The topological polar surface area (TPSA) is 88.2 Å². The molecule has 0 saturated heterocycles. The van der Waals surface area contributed by atoms with E-state index < -0.39 is 11.6 Å². The van der Waals surface area contributed by atoms with Crippen LogP contribution < -0.4 is 11.1 Å². The van der Waals surface area contributed by atoms with Gasteiger partial charge in [-0.05, 0) is 82.1 Å². The highest BCUT2D eigenvalue weighted by Gasteiger charge is 2.25. The van der Waals surface area contributed by atoms with Gasteiger partial charge in [0.2, 0.25) is 0 Å². The van der Waals surface area contributed by atoms with Gasteiger partial charge in [0, 0.05) is 16.3 Å². The van der Waals surface area contributed by atoms with Crippen molar-refractivity contribution in [3.63, 3.8) is 0 Å². The van der Waals surface area contributed by atoms with Gasteiger partial charge in [0.25, 0.3) is 0 Å². The maximum absolute atomic E-state index is 11.1. The molecule has 0 saturated carbocycles. The minimum atomic E-state index is -0.726. The van der Waals surface area contributed by atoms with E-state index in [1.165, 1.54) is 33.9 Å². The van der Waals surface area contributed by atoms with Crippen molar-refractivity contribution in [2.75, 3.05) is 5.32 Å². The highest BCUT2D eigenvalue weighted by atomic mass is 32.2. The quantitative estimate of drug-likeness (QED) is 0.567. The van der Waals surface area contributed by atoms with E-state index in [-0.39, 0.29) is 0 Å². The Morgan fingerprint density at radius 3 is 2.15 bits per heavy atom. The molecule has 0 aromatic carbocycles. The molecule has 0 fully saturated rings. The van der Waals surface area contributed by atoms with Crippen LogP contribution >= 0.6 is 24.0 Å². The number of thiophene rings is 1. The van der Waals surface area contributed by atoms with E-state index in [1.54, 1.807) is 13.8 Å². The van der Waals surface area contributed by atoms with E-state index in [4.69, 9.17) is 10.7 Å². The Morgan fingerprint density at radius 2 is 1.78 bits per heavy atom. The minimum absolute atomic E-state index is 0.464. The van der Waals surface area contributed by atoms with Gasteiger partial charge in [-0.3, -0.25) is 4.98 Å². The van der Waals surface area contributed by atoms with E-state index in [1.807, 2.05) is 13.0 Å². The number of primary amides is 1. The average Bonchev–Trinajstić information content (AvgIpc) is 3.26. The zero-order valence-corrected chi connectivity index (χ0v) is 17.8. The lowest BCUT2D eigenvalue weighted by molar-refractivity contribution is 0.0819. The number of rotatable bonds is 2. The van der Waals surface area contributed by atoms with E-state index in [9.17, 15) is 9.90 Å². The fourth-order valence-electron chi connectivity index (χ4n) is 3.93. The van der Waals surface area contributed by atoms with Crippen molar-refractivity contribution >= 4 is 35.7 Å². The lowest BCUT2D eigenvalue weighted by atomic mass is 10.1. The molecule has 2 heterocycles. The third kappa shape index (κ3) is 4.47. The van der Waals surface area contributed by atoms with Crippen LogP contribution in [0.5, 0.6) is 0 Å². The molecule has 146 valence electrons. The number of nitrogens with two attached hydrogens (primary N) is 1. The summed E-state index contributed by atoms with van der Waals surface area (Å²) in [6, 6.07) is 1.51. The summed E-state index contributed by atoms with van der Waals surface area (Å²) in [5.74, 6) is 0. The summed E-state index contributed by atoms with van der Waals surface area (Å²) in [5, 5.41) is 12.5. The first-order valence-electron chi connectivity index (χ1n) is 9.29. The molecule has 0 atom stereocenters. The largest absolute Gasteiger partial charge is 0.385 e. The molecular formula is C20H27N3O2S2. The lowest BCUT2D eigenvalue weighted by Crippen LogP contribution is -2.21. The number of amides is 2. The molecule has 0 aliphatic heterocycles. The van der Waals surface area contributed by atoms with Gasteiger partial charge in [0.05, 0.1) is 15.5 Å². The zero-order chi connectivity index (χ0) is 19.8. The van der Waals surface area contributed by atoms with Crippen molar-refractivity contribution in [1.82, 2.24) is 4.98 Å². The molecule has 0 bridgehead atoms. The molecule has 7 heteroatoms. The van der Waals surface area contributed by atoms with Crippen LogP contribution in [-0.4, -0.2) is 16.1 Å². The molecule has 5 nitrogen and oxygen atoms in total. The van der Waals surface area contributed by atoms with Crippen molar-refractivity contribution in [1.29, 1.82) is 0 Å². The fourth-order valence-corrected chi connectivity index (χ4v) is 5.31. The predicted molar refractivity (Wildman–Crippen MR) is 113 cm³/mol. The van der Waals surface area contributed by atoms with Gasteiger partial charge in [-0.1, -0.05) is 0 Å². The Labute approximate surface area is 169 Å². The standard InChI is InChI=1S/C12H15N3O.C8H12OS2/c13-12(16)15-11-7-3-1-5-9(7)14-10-6-2-4-8(10)11;1-5-4-6(10)11-7(5)8(2,3)9/h1-6H2,(H3,13,14,15,16);4,9-10H,1-3H3. The second-order valence-electron chi connectivity index (χ2n) is 7.69. The molecule has 2 aliphatic carbocycles. The van der Waals surface area contributed by atoms with Gasteiger partial charge in [-0.15, -0.1) is 24.0 Å². The third-order valence-corrected chi connectivity index (χ3v) is 6.72. The summed E-state index contributed by atoms with van der Waals surface area (Å²) >= 11 is 5.75. The zero-order valence-electron chi connectivity index (χ0n) is 16.1. The molecule has 27 heavy (non-hydrogen) atoms. The molecule has 0 spiro atoms. The number of fused-ring (bicyclic) bond motifs is 2. The van der Waals surface area contributed by atoms with Gasteiger partial charge in [0.1, 0.15) is 0 Å². The Hall–Kier alpha value is -1.57. The second-order valence-corrected chi connectivity index (χ2v) is 9.53. The van der Waals surface area contributed by atoms with Crippen molar-refractivity contribution in [3.8, 4) is 0 Å². The average molecular weight is 406 g/mol. The number of aliphatic hydroxyl groups is 1. The molecule has 4 rings (SSSR count). The van der Waals surface area contributed by atoms with Gasteiger partial charge in [0.15, 0.2) is 0 Å². The lowest BCUT2D eigenvalue weighted by Gasteiger charge is -2.15. The number of carbonyl (C=O) groups excluding carboxylic acids is 1. The molecular weight excluding hydrogens is 378 g/mol. The van der Waals surface area contributed by atoms with E-state index in [0.29, 0.717) is 0 Å². The van der Waals surface area contributed by atoms with Crippen LogP contribution in [0.2, 0.25) is 0 Å². The second kappa shape index (κ2) is 7.81. The molecule has 2 aromatic rings. The number of pyridine rings is 1. The minimum Gasteiger partial charge on any atom is -0.385 e. The van der Waals surface area contributed by atoms with Crippen molar-refractivity contribution in [2.24, 2.45) is 5.73 Å². The molecule has 2 aliphatic rings. The number of hydrogen-bond donors (Lipinski definition) is 4. The Balaban J connectivity index is 0.000000168. The Bertz CT molecular complexity index is 837. The molecule has 2 amide bonds. The van der Waals surface area contributed by atoms with Crippen LogP contribution in [0.25, 0.3) is 0 Å². The van der Waals surface area contributed by atoms with Crippen LogP contribution in [0.4, 0.5) is 10.5 Å². The number of hydrogen-bond acceptors (Lipinski definition) is 5. The number of thiol groups is 1. The first-order valence-corrected chi connectivity index (χ1v) is 10.6. The van der Waals surface area contributed by atoms with Crippen molar-refractivity contribution in [2.45, 2.75) is 69.1 Å². The predicted octanol–water partition coefficient (Wildman–Crippen LogP) is 4.12. The SMILES string of the molecule is Cc1cc(S)sc1C(C)(C)O.NC(=O)Nc1c2c(nc3c1CCC3)CCC2. The Morgan fingerprint density at radius 1 is 1.22 bits per heavy atom. The fraction of sp³-hybridized carbons (Fsp3) is 0.500. The number of carbonyl (C=O) groups is 1. The molecule has 0 radical (unpaired) electrons. The summed E-state index contributed by atoms with van der Waals surface area (Å²) in [6.45, 7) is 5.57. The number of aryl methyl sites for hydroxylation is 3. The van der Waals surface area contributed by atoms with Gasteiger partial charge < -0.3 is 16.2 Å². The molecule has 0 unspecified atom stereocenters. The van der Waals surface area contributed by atoms with Crippen LogP contribution in [0.3, 0.4) is 0 Å². The smallest absolute Gasteiger partial charge is 0.316 e. The summed E-state index contributed by atoms with van der Waals surface area (Å²) < 4.78 is 0.958. The molecule has 4 N–H and O–H groups in total. The van der Waals surface area contributed by atoms with E-state index in [0.717, 1.165) is 58.9 Å². The number of aromatic nitrogens is 1. The van der Waals surface area contributed by atoms with Gasteiger partial charge in [-0.2, -0.15) is 0 Å². The third-order valence-electron chi connectivity index (χ3n) is 4.96. The summed E-state index contributed by atoms with van der Waals surface area (Å²) in [5.41, 5.74) is 11.4. The van der Waals surface area contributed by atoms with E-state index >= 15 is 0 Å². The van der Waals surface area contributed by atoms with Crippen LogP contribution in [0.1, 0.15) is 59.6 Å². The maximum atomic E-state index is 11.1. The monoisotopic (exact) mass is 405 g/mol. The number of anilines is 1. The maximum Gasteiger partial charge on any atom is 0.316 e. The summed E-state index contributed by atoms with van der Waals surface area (Å²) in [4.78, 5) is 16.8. The summed E-state index contributed by atoms with van der Waals surface area (Å²) in [7, 11) is 0. The number of urea groups is 1. The van der Waals surface area contributed by atoms with Crippen molar-refractivity contribution < 1.29 is 9.90 Å². The normalized spacial score (nSPS) is 15.0. The first kappa shape index (κ1) is 20.2. The first-order chi connectivity index (χ1) is 12.7. The highest BCUT2D eigenvalue weighted by Crippen LogP contribution is 2.36. The highest BCUT2D eigenvalue weighted by molar-refractivity contribution is 7.82. The van der Waals surface area contributed by atoms with Gasteiger partial charge >= 0.3 is 6.03 Å². The number of nitrogens with one attached hydrogen (secondary N) is 1. The summed E-state index contributed by atoms with van der Waals surface area (Å²) in [6.07, 6.45) is 6.39. The van der Waals surface area contributed by atoms with Crippen molar-refractivity contribution in [3.05, 3.63) is 39.0 Å². The number of nitrogens with zero attached hydrogens (tertiary/aromatic N) is 1. The Kier molecular flexibility index (Phi) is 5.84. The van der Waals surface area contributed by atoms with Gasteiger partial charge in [-0.25, -0.2) is 4.79 Å². The van der Waals surface area contributed by atoms with Crippen LogP contribution in [0, 0.1) is 6.92 Å². The molecule has 2 aromatic heterocycles. The van der Waals surface area contributed by atoms with Crippen LogP contribution in [-0.2, 0) is 31.3 Å².